The molecule has 136 valence electrons. The second-order valence-corrected chi connectivity index (χ2v) is 6.82. The highest BCUT2D eigenvalue weighted by Crippen LogP contribution is 2.09. The number of halogens is 1. The Bertz CT molecular complexity index is 742. The highest BCUT2D eigenvalue weighted by Gasteiger charge is 2.18. The normalized spacial score (nSPS) is 16.0. The van der Waals surface area contributed by atoms with Gasteiger partial charge in [0.1, 0.15) is 0 Å². The quantitative estimate of drug-likeness (QED) is 0.628. The number of piperazine rings is 1. The van der Waals surface area contributed by atoms with Crippen molar-refractivity contribution in [3.8, 4) is 0 Å². The van der Waals surface area contributed by atoms with Gasteiger partial charge < -0.3 is 0 Å². The van der Waals surface area contributed by atoms with Gasteiger partial charge in [-0.25, -0.2) is 5.43 Å². The first-order valence-corrected chi connectivity index (χ1v) is 9.13. The average molecular weight is 371 g/mol. The van der Waals surface area contributed by atoms with Gasteiger partial charge in [-0.1, -0.05) is 54.1 Å². The summed E-state index contributed by atoms with van der Waals surface area (Å²) in [5.41, 5.74) is 4.76. The Balaban J connectivity index is 1.38. The minimum absolute atomic E-state index is 0.0974. The van der Waals surface area contributed by atoms with Crippen LogP contribution >= 0.6 is 11.6 Å². The van der Waals surface area contributed by atoms with Crippen molar-refractivity contribution in [2.24, 2.45) is 5.10 Å². The van der Waals surface area contributed by atoms with E-state index in [1.165, 1.54) is 5.56 Å². The predicted octanol–water partition coefficient (Wildman–Crippen LogP) is 2.61. The van der Waals surface area contributed by atoms with Crippen LogP contribution in [0.4, 0.5) is 0 Å². The van der Waals surface area contributed by atoms with Crippen molar-refractivity contribution in [2.45, 2.75) is 6.54 Å². The number of hydrogen-bond acceptors (Lipinski definition) is 4. The Hall–Kier alpha value is -2.21. The average Bonchev–Trinajstić information content (AvgIpc) is 2.64. The Labute approximate surface area is 159 Å². The van der Waals surface area contributed by atoms with Gasteiger partial charge in [-0.2, -0.15) is 5.10 Å². The third-order valence-corrected chi connectivity index (χ3v) is 4.57. The molecule has 26 heavy (non-hydrogen) atoms. The summed E-state index contributed by atoms with van der Waals surface area (Å²) in [7, 11) is 0. The van der Waals surface area contributed by atoms with Crippen molar-refractivity contribution in [2.75, 3.05) is 32.7 Å². The summed E-state index contributed by atoms with van der Waals surface area (Å²) in [4.78, 5) is 16.6. The lowest BCUT2D eigenvalue weighted by molar-refractivity contribution is -0.122. The van der Waals surface area contributed by atoms with Crippen LogP contribution in [0.15, 0.2) is 59.7 Å². The van der Waals surface area contributed by atoms with E-state index in [1.54, 1.807) is 18.3 Å². The SMILES string of the molecule is O=C(CN1CCN(Cc2ccccc2)CC1)N/N=C\c1cccc(Cl)c1. The Kier molecular flexibility index (Phi) is 6.77. The maximum Gasteiger partial charge on any atom is 0.254 e. The summed E-state index contributed by atoms with van der Waals surface area (Å²) in [5, 5.41) is 4.65. The lowest BCUT2D eigenvalue weighted by atomic mass is 10.2. The van der Waals surface area contributed by atoms with Crippen LogP contribution in [0.25, 0.3) is 0 Å². The van der Waals surface area contributed by atoms with Crippen molar-refractivity contribution in [1.82, 2.24) is 15.2 Å². The van der Waals surface area contributed by atoms with Crippen molar-refractivity contribution in [1.29, 1.82) is 0 Å². The summed E-state index contributed by atoms with van der Waals surface area (Å²) in [6.45, 7) is 5.04. The molecule has 1 aliphatic heterocycles. The van der Waals surface area contributed by atoms with E-state index in [2.05, 4.69) is 44.6 Å². The molecule has 2 aromatic rings. The number of nitrogens with zero attached hydrogens (tertiary/aromatic N) is 3. The summed E-state index contributed by atoms with van der Waals surface area (Å²) >= 11 is 5.92. The molecule has 1 heterocycles. The first-order valence-electron chi connectivity index (χ1n) is 8.75. The molecule has 1 N–H and O–H groups in total. The molecule has 3 rings (SSSR count). The van der Waals surface area contributed by atoms with Crippen LogP contribution in [-0.4, -0.2) is 54.6 Å². The zero-order chi connectivity index (χ0) is 18.2. The zero-order valence-corrected chi connectivity index (χ0v) is 15.4. The highest BCUT2D eigenvalue weighted by atomic mass is 35.5. The minimum Gasteiger partial charge on any atom is -0.297 e. The zero-order valence-electron chi connectivity index (χ0n) is 14.6. The van der Waals surface area contributed by atoms with Crippen LogP contribution in [0.3, 0.4) is 0 Å². The van der Waals surface area contributed by atoms with Crippen LogP contribution in [0.2, 0.25) is 5.02 Å². The van der Waals surface area contributed by atoms with Gasteiger partial charge in [0.2, 0.25) is 0 Å². The molecule has 0 spiro atoms. The topological polar surface area (TPSA) is 47.9 Å². The van der Waals surface area contributed by atoms with Crippen molar-refractivity contribution < 1.29 is 4.79 Å². The number of amides is 1. The molecule has 0 unspecified atom stereocenters. The summed E-state index contributed by atoms with van der Waals surface area (Å²) in [6, 6.07) is 17.8. The van der Waals surface area contributed by atoms with E-state index in [9.17, 15) is 4.79 Å². The molecule has 0 aliphatic carbocycles. The molecule has 0 bridgehead atoms. The first-order chi connectivity index (χ1) is 12.7. The van der Waals surface area contributed by atoms with Gasteiger partial charge in [0, 0.05) is 37.7 Å². The van der Waals surface area contributed by atoms with E-state index < -0.39 is 0 Å². The van der Waals surface area contributed by atoms with E-state index in [-0.39, 0.29) is 5.91 Å². The van der Waals surface area contributed by atoms with E-state index in [4.69, 9.17) is 11.6 Å². The van der Waals surface area contributed by atoms with E-state index in [0.717, 1.165) is 38.3 Å². The molecule has 6 heteroatoms. The number of nitrogens with one attached hydrogen (secondary N) is 1. The lowest BCUT2D eigenvalue weighted by Gasteiger charge is -2.34. The molecule has 0 aromatic heterocycles. The summed E-state index contributed by atoms with van der Waals surface area (Å²) in [5.74, 6) is -0.0974. The van der Waals surface area contributed by atoms with E-state index in [0.29, 0.717) is 11.6 Å². The second kappa shape index (κ2) is 9.48. The van der Waals surface area contributed by atoms with Crippen LogP contribution in [-0.2, 0) is 11.3 Å². The molecular formula is C20H23ClN4O. The largest absolute Gasteiger partial charge is 0.297 e. The van der Waals surface area contributed by atoms with Gasteiger partial charge in [0.15, 0.2) is 0 Å². The summed E-state index contributed by atoms with van der Waals surface area (Å²) in [6.07, 6.45) is 1.60. The molecule has 2 aromatic carbocycles. The fourth-order valence-electron chi connectivity index (χ4n) is 2.95. The fourth-order valence-corrected chi connectivity index (χ4v) is 3.15. The number of hydrazone groups is 1. The van der Waals surface area contributed by atoms with Gasteiger partial charge in [0.25, 0.3) is 5.91 Å². The minimum atomic E-state index is -0.0974. The molecule has 1 amide bonds. The number of carbonyl (C=O) groups excluding carboxylic acids is 1. The maximum absolute atomic E-state index is 12.0. The number of benzene rings is 2. The molecule has 5 nitrogen and oxygen atoms in total. The third-order valence-electron chi connectivity index (χ3n) is 4.33. The van der Waals surface area contributed by atoms with E-state index in [1.807, 2.05) is 18.2 Å². The monoisotopic (exact) mass is 370 g/mol. The Morgan fingerprint density at radius 3 is 2.50 bits per heavy atom. The molecule has 1 saturated heterocycles. The molecule has 1 aliphatic rings. The standard InChI is InChI=1S/C20H23ClN4O/c21-19-8-4-7-18(13-19)14-22-23-20(26)16-25-11-9-24(10-12-25)15-17-5-2-1-3-6-17/h1-8,13-14H,9-12,15-16H2,(H,23,26)/b22-14-. The number of rotatable bonds is 6. The smallest absolute Gasteiger partial charge is 0.254 e. The lowest BCUT2D eigenvalue weighted by Crippen LogP contribution is -2.48. The molecule has 1 fully saturated rings. The predicted molar refractivity (Wildman–Crippen MR) is 105 cm³/mol. The van der Waals surface area contributed by atoms with Gasteiger partial charge in [-0.3, -0.25) is 14.6 Å². The van der Waals surface area contributed by atoms with Gasteiger partial charge >= 0.3 is 0 Å². The first kappa shape index (κ1) is 18.6. The fraction of sp³-hybridized carbons (Fsp3) is 0.300. The number of hydrogen-bond donors (Lipinski definition) is 1. The van der Waals surface area contributed by atoms with Crippen molar-refractivity contribution in [3.05, 3.63) is 70.7 Å². The van der Waals surface area contributed by atoms with Crippen LogP contribution in [0.5, 0.6) is 0 Å². The van der Waals surface area contributed by atoms with Crippen LogP contribution in [0, 0.1) is 0 Å². The molecule has 0 radical (unpaired) electrons. The second-order valence-electron chi connectivity index (χ2n) is 6.39. The van der Waals surface area contributed by atoms with Gasteiger partial charge in [0.05, 0.1) is 12.8 Å². The maximum atomic E-state index is 12.0. The van der Waals surface area contributed by atoms with E-state index >= 15 is 0 Å². The van der Waals surface area contributed by atoms with Gasteiger partial charge in [-0.05, 0) is 23.3 Å². The van der Waals surface area contributed by atoms with Crippen LogP contribution in [0.1, 0.15) is 11.1 Å². The Morgan fingerprint density at radius 2 is 1.77 bits per heavy atom. The van der Waals surface area contributed by atoms with Crippen LogP contribution < -0.4 is 5.43 Å². The molecule has 0 atom stereocenters. The highest BCUT2D eigenvalue weighted by molar-refractivity contribution is 6.30. The molecular weight excluding hydrogens is 348 g/mol. The molecule has 0 saturated carbocycles. The summed E-state index contributed by atoms with van der Waals surface area (Å²) < 4.78 is 0. The van der Waals surface area contributed by atoms with Crippen molar-refractivity contribution >= 4 is 23.7 Å². The van der Waals surface area contributed by atoms with Crippen molar-refractivity contribution in [3.63, 3.8) is 0 Å². The van der Waals surface area contributed by atoms with Gasteiger partial charge in [-0.15, -0.1) is 0 Å². The Morgan fingerprint density at radius 1 is 1.04 bits per heavy atom. The number of carbonyl (C=O) groups is 1. The third kappa shape index (κ3) is 5.95.